The zero-order valence-electron chi connectivity index (χ0n) is 37.4. The minimum atomic E-state index is -4.32. The van der Waals surface area contributed by atoms with Gasteiger partial charge in [-0.15, -0.1) is 0 Å². The summed E-state index contributed by atoms with van der Waals surface area (Å²) in [6.45, 7) is 5.12. The summed E-state index contributed by atoms with van der Waals surface area (Å²) in [7, 11) is 1.56. The maximum atomic E-state index is 12.7. The highest BCUT2D eigenvalue weighted by Crippen LogP contribution is 2.43. The summed E-state index contributed by atoms with van der Waals surface area (Å²) in [4.78, 5) is 22.9. The van der Waals surface area contributed by atoms with Crippen LogP contribution in [0.15, 0.2) is 134 Å². The van der Waals surface area contributed by atoms with Crippen LogP contribution in [0.4, 0.5) is 0 Å². The second-order valence-corrected chi connectivity index (χ2v) is 16.4. The maximum absolute atomic E-state index is 12.7. The van der Waals surface area contributed by atoms with Crippen LogP contribution in [0.25, 0.3) is 0 Å². The molecule has 9 heteroatoms. The number of carbonyl (C=O) groups is 1. The van der Waals surface area contributed by atoms with E-state index in [1.807, 2.05) is 33.3 Å². The molecule has 2 unspecified atom stereocenters. The molecule has 0 aliphatic rings. The van der Waals surface area contributed by atoms with E-state index >= 15 is 0 Å². The third-order valence-electron chi connectivity index (χ3n) is 8.22. The average molecular weight is 839 g/mol. The highest BCUT2D eigenvalue weighted by atomic mass is 31.2. The molecule has 0 aliphatic carbocycles. The van der Waals surface area contributed by atoms with E-state index in [0.717, 1.165) is 89.9 Å². The van der Waals surface area contributed by atoms with Crippen molar-refractivity contribution in [3.63, 3.8) is 0 Å². The number of unbranched alkanes of at least 4 members (excludes halogenated alkanes) is 2. The third-order valence-corrected chi connectivity index (χ3v) is 9.21. The second kappa shape index (κ2) is 41.4. The highest BCUT2D eigenvalue weighted by Gasteiger charge is 2.26. The molecule has 0 spiro atoms. The lowest BCUT2D eigenvalue weighted by Crippen LogP contribution is -2.37. The van der Waals surface area contributed by atoms with Crippen molar-refractivity contribution in [3.05, 3.63) is 134 Å². The van der Waals surface area contributed by atoms with Crippen molar-refractivity contribution in [2.75, 3.05) is 54.1 Å². The molecule has 0 saturated carbocycles. The molecule has 0 saturated heterocycles. The Morgan fingerprint density at radius 3 is 1.32 bits per heavy atom. The summed E-state index contributed by atoms with van der Waals surface area (Å²) in [5.41, 5.74) is 0. The fourth-order valence-electron chi connectivity index (χ4n) is 4.90. The van der Waals surface area contributed by atoms with Crippen LogP contribution in [0, 0.1) is 0 Å². The summed E-state index contributed by atoms with van der Waals surface area (Å²) in [6, 6.07) is 0. The Kier molecular flexibility index (Phi) is 39.0. The number of nitrogens with zero attached hydrogens (tertiary/aromatic N) is 1. The van der Waals surface area contributed by atoms with Crippen LogP contribution in [-0.2, 0) is 27.9 Å². The SMILES string of the molecule is CC/C=C\C/C=C\C/C=C\C/C=C\C/C=C\C/C=C\CCC(=O)OC(COCCCC/C=C\C/C=C\C/C=C\C/C=C\C/C=C\CC)COP(=O)(O)OCC[N+](C)(C)C. The molecule has 59 heavy (non-hydrogen) atoms. The predicted molar refractivity (Wildman–Crippen MR) is 251 cm³/mol. The monoisotopic (exact) mass is 839 g/mol. The van der Waals surface area contributed by atoms with Crippen molar-refractivity contribution >= 4 is 13.8 Å². The van der Waals surface area contributed by atoms with Gasteiger partial charge in [0, 0.05) is 13.0 Å². The fraction of sp³-hybridized carbons (Fsp3) is 0.540. The minimum absolute atomic E-state index is 0.0576. The normalized spacial score (nSPS) is 15.0. The molecule has 0 heterocycles. The molecule has 0 fully saturated rings. The van der Waals surface area contributed by atoms with Gasteiger partial charge in [0.2, 0.25) is 0 Å². The van der Waals surface area contributed by atoms with Gasteiger partial charge >= 0.3 is 13.8 Å². The second-order valence-electron chi connectivity index (χ2n) is 15.0. The van der Waals surface area contributed by atoms with E-state index < -0.39 is 19.9 Å². The molecule has 332 valence electrons. The number of hydrogen-bond donors (Lipinski definition) is 1. The van der Waals surface area contributed by atoms with Gasteiger partial charge in [0.15, 0.2) is 0 Å². The Labute approximate surface area is 360 Å². The van der Waals surface area contributed by atoms with E-state index in [1.165, 1.54) is 0 Å². The average Bonchev–Trinajstić information content (AvgIpc) is 3.19. The van der Waals surface area contributed by atoms with Crippen LogP contribution >= 0.6 is 7.82 Å². The number of carbonyl (C=O) groups excluding carboxylic acids is 1. The lowest BCUT2D eigenvalue weighted by molar-refractivity contribution is -0.870. The lowest BCUT2D eigenvalue weighted by Gasteiger charge is -2.24. The number of allylic oxidation sites excluding steroid dienone is 22. The first-order valence-electron chi connectivity index (χ1n) is 21.9. The number of esters is 1. The van der Waals surface area contributed by atoms with Crippen LogP contribution in [-0.4, -0.2) is 75.6 Å². The molecule has 0 aromatic carbocycles. The molecule has 0 aromatic heterocycles. The van der Waals surface area contributed by atoms with Crippen molar-refractivity contribution in [2.24, 2.45) is 0 Å². The predicted octanol–water partition coefficient (Wildman–Crippen LogP) is 13.2. The number of quaternary nitrogens is 1. The van der Waals surface area contributed by atoms with Gasteiger partial charge in [0.25, 0.3) is 0 Å². The standard InChI is InChI=1S/C50H80NO7P/c1-6-8-10-12-14-16-18-20-22-24-26-27-29-31-33-35-37-39-41-43-50(52)58-49(48-57-59(53,54)56-46-44-51(3,4)5)47-55-45-42-40-38-36-34-32-30-28-25-23-21-19-17-15-13-11-9-7-2/h8-11,14-17,20-23,26-28,30-31,33-34,36-37,39,49H,6-7,12-13,18-19,24-25,29,32,35,38,40-48H2,1-5H3/p+1/b10-8-,11-9-,16-14-,17-15-,22-20-,23-21-,27-26-,30-28-,33-31-,36-34-,39-37-. The molecule has 1 N–H and O–H groups in total. The van der Waals surface area contributed by atoms with E-state index in [9.17, 15) is 14.3 Å². The summed E-state index contributed by atoms with van der Waals surface area (Å²) in [6.07, 6.45) is 60.9. The van der Waals surface area contributed by atoms with Crippen LogP contribution < -0.4 is 0 Å². The maximum Gasteiger partial charge on any atom is 0.472 e. The van der Waals surface area contributed by atoms with Gasteiger partial charge in [-0.1, -0.05) is 148 Å². The minimum Gasteiger partial charge on any atom is -0.457 e. The van der Waals surface area contributed by atoms with Crippen LogP contribution in [0.5, 0.6) is 0 Å². The first-order chi connectivity index (χ1) is 28.6. The third kappa shape index (κ3) is 45.6. The number of likely N-dealkylation sites (N-methyl/N-ethyl adjacent to an activating group) is 1. The Balaban J connectivity index is 4.50. The number of ether oxygens (including phenoxy) is 2. The zero-order chi connectivity index (χ0) is 43.4. The van der Waals surface area contributed by atoms with E-state index in [-0.39, 0.29) is 26.2 Å². The number of phosphoric acid groups is 1. The topological polar surface area (TPSA) is 91.3 Å². The van der Waals surface area contributed by atoms with Crippen LogP contribution in [0.3, 0.4) is 0 Å². The van der Waals surface area contributed by atoms with Gasteiger partial charge in [-0.05, 0) is 96.3 Å². The van der Waals surface area contributed by atoms with Gasteiger partial charge in [-0.2, -0.15) is 0 Å². The van der Waals surface area contributed by atoms with Crippen molar-refractivity contribution < 1.29 is 37.3 Å². The summed E-state index contributed by atoms with van der Waals surface area (Å²) in [5, 5.41) is 0. The molecule has 2 atom stereocenters. The summed E-state index contributed by atoms with van der Waals surface area (Å²) >= 11 is 0. The molecular formula is C50H81NO7P+. The molecule has 0 rings (SSSR count). The highest BCUT2D eigenvalue weighted by molar-refractivity contribution is 7.47. The van der Waals surface area contributed by atoms with Gasteiger partial charge in [0.1, 0.15) is 19.3 Å². The molecule has 0 aliphatic heterocycles. The summed E-state index contributed by atoms with van der Waals surface area (Å²) in [5.74, 6) is -0.418. The zero-order valence-corrected chi connectivity index (χ0v) is 38.3. The largest absolute Gasteiger partial charge is 0.472 e. The number of rotatable bonds is 38. The van der Waals surface area contributed by atoms with Crippen molar-refractivity contribution in [2.45, 2.75) is 123 Å². The van der Waals surface area contributed by atoms with Gasteiger partial charge in [-0.3, -0.25) is 13.8 Å². The first kappa shape index (κ1) is 55.6. The van der Waals surface area contributed by atoms with Crippen LogP contribution in [0.2, 0.25) is 0 Å². The van der Waals surface area contributed by atoms with Crippen molar-refractivity contribution in [1.82, 2.24) is 0 Å². The van der Waals surface area contributed by atoms with Crippen molar-refractivity contribution in [1.29, 1.82) is 0 Å². The first-order valence-corrected chi connectivity index (χ1v) is 23.4. The lowest BCUT2D eigenvalue weighted by atomic mass is 10.2. The molecule has 8 nitrogen and oxygen atoms in total. The Hall–Kier alpha value is -3.36. The Morgan fingerprint density at radius 1 is 0.525 bits per heavy atom. The Morgan fingerprint density at radius 2 is 0.915 bits per heavy atom. The van der Waals surface area contributed by atoms with Crippen LogP contribution in [0.1, 0.15) is 117 Å². The van der Waals surface area contributed by atoms with E-state index in [1.54, 1.807) is 0 Å². The van der Waals surface area contributed by atoms with Gasteiger partial charge in [0.05, 0.1) is 34.4 Å². The molecule has 0 aromatic rings. The van der Waals surface area contributed by atoms with Gasteiger partial charge in [-0.25, -0.2) is 4.57 Å². The number of phosphoric ester groups is 1. The van der Waals surface area contributed by atoms with E-state index in [2.05, 4.69) is 135 Å². The molecule has 0 radical (unpaired) electrons. The molecular weight excluding hydrogens is 758 g/mol. The fourth-order valence-corrected chi connectivity index (χ4v) is 5.64. The number of hydrogen-bond acceptors (Lipinski definition) is 6. The van der Waals surface area contributed by atoms with E-state index in [4.69, 9.17) is 18.5 Å². The van der Waals surface area contributed by atoms with Crippen molar-refractivity contribution in [3.8, 4) is 0 Å². The quantitative estimate of drug-likeness (QED) is 0.0218. The molecule has 0 bridgehead atoms. The molecule has 0 amide bonds. The smallest absolute Gasteiger partial charge is 0.457 e. The van der Waals surface area contributed by atoms with Gasteiger partial charge < -0.3 is 18.9 Å². The summed E-state index contributed by atoms with van der Waals surface area (Å²) < 4.78 is 34.8. The van der Waals surface area contributed by atoms with E-state index in [0.29, 0.717) is 24.1 Å². The Bertz CT molecular complexity index is 1390.